The second kappa shape index (κ2) is 9.54. The van der Waals surface area contributed by atoms with Gasteiger partial charge in [0.25, 0.3) is 0 Å². The molecule has 186 valence electrons. The van der Waals surface area contributed by atoms with Crippen LogP contribution in [-0.2, 0) is 9.53 Å². The van der Waals surface area contributed by atoms with Crippen LogP contribution in [0.15, 0.2) is 23.8 Å². The molecule has 0 bridgehead atoms. The molecule has 33 heavy (non-hydrogen) atoms. The maximum absolute atomic E-state index is 12.1. The third-order valence-electron chi connectivity index (χ3n) is 10.9. The molecule has 8 atom stereocenters. The van der Waals surface area contributed by atoms with Crippen LogP contribution in [0.3, 0.4) is 0 Å². The lowest BCUT2D eigenvalue weighted by Gasteiger charge is -2.58. The van der Waals surface area contributed by atoms with Crippen LogP contribution in [0.2, 0.25) is 0 Å². The minimum Gasteiger partial charge on any atom is -0.459 e. The van der Waals surface area contributed by atoms with Crippen LogP contribution in [0, 0.1) is 46.3 Å². The van der Waals surface area contributed by atoms with E-state index in [2.05, 4.69) is 47.3 Å². The van der Waals surface area contributed by atoms with Crippen LogP contribution in [0.4, 0.5) is 0 Å². The zero-order valence-electron chi connectivity index (χ0n) is 22.4. The van der Waals surface area contributed by atoms with Crippen molar-refractivity contribution in [1.82, 2.24) is 0 Å². The molecule has 0 spiro atoms. The largest absolute Gasteiger partial charge is 0.459 e. The minimum atomic E-state index is -0.217. The van der Waals surface area contributed by atoms with E-state index in [1.807, 2.05) is 0 Å². The van der Waals surface area contributed by atoms with Gasteiger partial charge in [0, 0.05) is 12.0 Å². The average molecular weight is 455 g/mol. The molecule has 2 heteroatoms. The Balaban J connectivity index is 1.45. The molecule has 0 aromatic carbocycles. The van der Waals surface area contributed by atoms with Crippen LogP contribution >= 0.6 is 0 Å². The summed E-state index contributed by atoms with van der Waals surface area (Å²) in [6, 6.07) is 0. The highest BCUT2D eigenvalue weighted by Crippen LogP contribution is 2.67. The molecule has 4 unspecified atom stereocenters. The number of ether oxygens (including phenoxy) is 1. The van der Waals surface area contributed by atoms with Gasteiger partial charge in [-0.3, -0.25) is 0 Å². The lowest BCUT2D eigenvalue weighted by molar-refractivity contribution is -0.146. The van der Waals surface area contributed by atoms with Crippen molar-refractivity contribution in [2.24, 2.45) is 46.3 Å². The molecule has 3 saturated carbocycles. The van der Waals surface area contributed by atoms with E-state index in [4.69, 9.17) is 4.74 Å². The van der Waals surface area contributed by atoms with Gasteiger partial charge in [-0.15, -0.1) is 0 Å². The molecule has 4 aliphatic rings. The predicted molar refractivity (Wildman–Crippen MR) is 138 cm³/mol. The number of carbonyl (C=O) groups is 1. The summed E-state index contributed by atoms with van der Waals surface area (Å²) in [4.78, 5) is 12.1. The maximum atomic E-state index is 12.1. The SMILES string of the molecule is C=C(C)C(=O)OC1CC[C@@]2(C)C(=CCC3C2CC[C@@]2(C)C3CC[C@@H]2[C@H](C)CCCC(C)C)C1. The zero-order chi connectivity index (χ0) is 24.0. The van der Waals surface area contributed by atoms with Crippen LogP contribution < -0.4 is 0 Å². The molecule has 0 aromatic rings. The smallest absolute Gasteiger partial charge is 0.333 e. The first-order chi connectivity index (χ1) is 15.6. The first-order valence-corrected chi connectivity index (χ1v) is 14.1. The highest BCUT2D eigenvalue weighted by molar-refractivity contribution is 5.87. The van der Waals surface area contributed by atoms with E-state index < -0.39 is 0 Å². The molecule has 2 nitrogen and oxygen atoms in total. The molecule has 4 aliphatic carbocycles. The lowest BCUT2D eigenvalue weighted by Crippen LogP contribution is -2.51. The molecular formula is C31H50O2. The summed E-state index contributed by atoms with van der Waals surface area (Å²) >= 11 is 0. The molecule has 0 amide bonds. The van der Waals surface area contributed by atoms with Gasteiger partial charge in [-0.1, -0.05) is 72.1 Å². The van der Waals surface area contributed by atoms with Crippen molar-refractivity contribution in [3.8, 4) is 0 Å². The Morgan fingerprint density at radius 3 is 2.55 bits per heavy atom. The minimum absolute atomic E-state index is 0.0430. The van der Waals surface area contributed by atoms with Crippen molar-refractivity contribution in [3.05, 3.63) is 23.8 Å². The van der Waals surface area contributed by atoms with Gasteiger partial charge in [0.1, 0.15) is 6.10 Å². The number of fused-ring (bicyclic) bond motifs is 5. The van der Waals surface area contributed by atoms with Crippen LogP contribution in [0.25, 0.3) is 0 Å². The number of hydrogen-bond acceptors (Lipinski definition) is 2. The fourth-order valence-electron chi connectivity index (χ4n) is 9.00. The third-order valence-corrected chi connectivity index (χ3v) is 10.9. The summed E-state index contributed by atoms with van der Waals surface area (Å²) in [5.74, 6) is 5.00. The fourth-order valence-corrected chi connectivity index (χ4v) is 9.00. The van der Waals surface area contributed by atoms with Gasteiger partial charge in [0.15, 0.2) is 0 Å². The summed E-state index contributed by atoms with van der Waals surface area (Å²) in [7, 11) is 0. The molecule has 0 heterocycles. The van der Waals surface area contributed by atoms with Crippen molar-refractivity contribution < 1.29 is 9.53 Å². The average Bonchev–Trinajstić information content (AvgIpc) is 3.11. The van der Waals surface area contributed by atoms with Gasteiger partial charge in [-0.05, 0) is 98.2 Å². The normalized spacial score (nSPS) is 40.9. The first kappa shape index (κ1) is 25.1. The number of rotatable bonds is 7. The maximum Gasteiger partial charge on any atom is 0.333 e. The predicted octanol–water partition coefficient (Wildman–Crippen LogP) is 8.52. The molecule has 0 saturated heterocycles. The Bertz CT molecular complexity index is 778. The van der Waals surface area contributed by atoms with Gasteiger partial charge >= 0.3 is 5.97 Å². The Morgan fingerprint density at radius 1 is 1.09 bits per heavy atom. The second-order valence-corrected chi connectivity index (χ2v) is 13.3. The van der Waals surface area contributed by atoms with Crippen LogP contribution in [-0.4, -0.2) is 12.1 Å². The van der Waals surface area contributed by atoms with Gasteiger partial charge in [-0.25, -0.2) is 4.79 Å². The fraction of sp³-hybridized carbons (Fsp3) is 0.839. The van der Waals surface area contributed by atoms with E-state index in [-0.39, 0.29) is 12.1 Å². The van der Waals surface area contributed by atoms with Crippen LogP contribution in [0.1, 0.15) is 112 Å². The molecule has 0 aromatic heterocycles. The zero-order valence-corrected chi connectivity index (χ0v) is 22.4. The quantitative estimate of drug-likeness (QED) is 0.219. The molecule has 4 rings (SSSR count). The van der Waals surface area contributed by atoms with E-state index in [0.717, 1.165) is 48.3 Å². The van der Waals surface area contributed by atoms with Gasteiger partial charge < -0.3 is 4.74 Å². The highest BCUT2D eigenvalue weighted by atomic mass is 16.5. The van der Waals surface area contributed by atoms with E-state index >= 15 is 0 Å². The Morgan fingerprint density at radius 2 is 1.85 bits per heavy atom. The van der Waals surface area contributed by atoms with Crippen molar-refractivity contribution >= 4 is 5.97 Å². The monoisotopic (exact) mass is 454 g/mol. The standard InChI is InChI=1S/C31H50O2/c1-20(2)9-8-10-22(5)26-13-14-27-25-12-11-23-19-24(33-29(32)21(3)4)15-17-30(23,6)28(25)16-18-31(26,27)7/h11,20,22,24-28H,3,8-10,12-19H2,1-2,4-7H3/t22-,24?,25?,26-,27?,28?,30+,31-/m1/s1. The van der Waals surface area contributed by atoms with Crippen molar-refractivity contribution in [3.63, 3.8) is 0 Å². The summed E-state index contributed by atoms with van der Waals surface area (Å²) < 4.78 is 5.78. The third kappa shape index (κ3) is 4.62. The molecule has 0 N–H and O–H groups in total. The summed E-state index contributed by atoms with van der Waals surface area (Å²) in [5, 5.41) is 0. The van der Waals surface area contributed by atoms with E-state index in [1.165, 1.54) is 57.8 Å². The molecule has 0 aliphatic heterocycles. The number of carbonyl (C=O) groups excluding carboxylic acids is 1. The second-order valence-electron chi connectivity index (χ2n) is 13.3. The summed E-state index contributed by atoms with van der Waals surface area (Å²) in [6.07, 6.45) is 17.0. The number of hydrogen-bond donors (Lipinski definition) is 0. The van der Waals surface area contributed by atoms with Crippen molar-refractivity contribution in [1.29, 1.82) is 0 Å². The van der Waals surface area contributed by atoms with E-state index in [0.29, 0.717) is 16.4 Å². The highest BCUT2D eigenvalue weighted by Gasteiger charge is 2.59. The van der Waals surface area contributed by atoms with Crippen LogP contribution in [0.5, 0.6) is 0 Å². The molecular weight excluding hydrogens is 404 g/mol. The number of esters is 1. The van der Waals surface area contributed by atoms with Gasteiger partial charge in [-0.2, -0.15) is 0 Å². The van der Waals surface area contributed by atoms with E-state index in [1.54, 1.807) is 12.5 Å². The van der Waals surface area contributed by atoms with E-state index in [9.17, 15) is 4.79 Å². The summed E-state index contributed by atoms with van der Waals surface area (Å²) in [6.45, 7) is 18.0. The van der Waals surface area contributed by atoms with Gasteiger partial charge in [0.05, 0.1) is 0 Å². The van der Waals surface area contributed by atoms with Crippen molar-refractivity contribution in [2.75, 3.05) is 0 Å². The topological polar surface area (TPSA) is 26.3 Å². The Hall–Kier alpha value is -1.05. The molecule has 0 radical (unpaired) electrons. The number of allylic oxidation sites excluding steroid dienone is 1. The van der Waals surface area contributed by atoms with Crippen molar-refractivity contribution in [2.45, 2.75) is 118 Å². The molecule has 3 fully saturated rings. The Kier molecular flexibility index (Phi) is 7.24. The first-order valence-electron chi connectivity index (χ1n) is 14.1. The van der Waals surface area contributed by atoms with Gasteiger partial charge in [0.2, 0.25) is 0 Å². The Labute approximate surface area is 204 Å². The lowest BCUT2D eigenvalue weighted by atomic mass is 9.47. The summed E-state index contributed by atoms with van der Waals surface area (Å²) in [5.41, 5.74) is 2.97.